The average Bonchev–Trinajstić information content (AvgIpc) is 2.33. The smallest absolute Gasteiger partial charge is 0.0587 e. The van der Waals surface area contributed by atoms with E-state index in [0.29, 0.717) is 0 Å². The topological polar surface area (TPSA) is 34.1 Å². The molecule has 0 aliphatic carbocycles. The highest BCUT2D eigenvalue weighted by atomic mass is 79.9. The summed E-state index contributed by atoms with van der Waals surface area (Å²) in [5, 5.41) is 3.30. The summed E-state index contributed by atoms with van der Waals surface area (Å²) in [6.07, 6.45) is 10.1. The lowest BCUT2D eigenvalue weighted by atomic mass is 10.2. The Hall–Kier alpha value is -0.710. The zero-order chi connectivity index (χ0) is 12.3. The molecule has 0 amide bonds. The summed E-state index contributed by atoms with van der Waals surface area (Å²) in [4.78, 5) is 4.13. The van der Waals surface area contributed by atoms with Crippen molar-refractivity contribution in [3.05, 3.63) is 40.6 Å². The molecule has 1 heterocycles. The van der Waals surface area contributed by atoms with Crippen LogP contribution in [0.3, 0.4) is 0 Å². The van der Waals surface area contributed by atoms with Crippen LogP contribution in [0.15, 0.2) is 35.1 Å². The highest BCUT2D eigenvalue weighted by Crippen LogP contribution is 2.10. The zero-order valence-electron chi connectivity index (χ0n) is 10.2. The molecule has 0 saturated carbocycles. The van der Waals surface area contributed by atoms with Gasteiger partial charge in [-0.1, -0.05) is 12.2 Å². The number of methoxy groups -OCH3 is 1. The van der Waals surface area contributed by atoms with E-state index < -0.39 is 0 Å². The van der Waals surface area contributed by atoms with Crippen LogP contribution in [0.2, 0.25) is 0 Å². The van der Waals surface area contributed by atoms with Gasteiger partial charge in [-0.3, -0.25) is 4.98 Å². The number of halogens is 1. The van der Waals surface area contributed by atoms with Crippen molar-refractivity contribution < 1.29 is 4.74 Å². The van der Waals surface area contributed by atoms with Gasteiger partial charge in [0.05, 0.1) is 6.61 Å². The molecule has 0 unspecified atom stereocenters. The highest BCUT2D eigenvalue weighted by molar-refractivity contribution is 9.10. The van der Waals surface area contributed by atoms with Crippen molar-refractivity contribution in [2.45, 2.75) is 12.8 Å². The minimum absolute atomic E-state index is 0.771. The number of nitrogens with zero attached hydrogens (tertiary/aromatic N) is 1. The lowest BCUT2D eigenvalue weighted by molar-refractivity contribution is 0.199. The number of hydrogen-bond donors (Lipinski definition) is 1. The standard InChI is InChI=1S/C13H19BrN2O/c1-17-8-7-15-6-4-2-3-5-12-9-13(14)11-16-10-12/h2-3,9-11,15H,4-8H2,1H3/b3-2+. The maximum absolute atomic E-state index is 4.95. The summed E-state index contributed by atoms with van der Waals surface area (Å²) in [5.74, 6) is 0. The van der Waals surface area contributed by atoms with Crippen molar-refractivity contribution in [1.82, 2.24) is 10.3 Å². The van der Waals surface area contributed by atoms with E-state index in [9.17, 15) is 0 Å². The van der Waals surface area contributed by atoms with Gasteiger partial charge < -0.3 is 10.1 Å². The second-order valence-electron chi connectivity index (χ2n) is 3.72. The second-order valence-corrected chi connectivity index (χ2v) is 4.63. The van der Waals surface area contributed by atoms with Crippen LogP contribution in [0.4, 0.5) is 0 Å². The third-order valence-electron chi connectivity index (χ3n) is 2.25. The summed E-state index contributed by atoms with van der Waals surface area (Å²) in [6, 6.07) is 2.09. The quantitative estimate of drug-likeness (QED) is 0.592. The Kier molecular flexibility index (Phi) is 7.88. The van der Waals surface area contributed by atoms with Crippen LogP contribution in [-0.2, 0) is 11.2 Å². The molecule has 0 aromatic carbocycles. The molecule has 1 aromatic heterocycles. The van der Waals surface area contributed by atoms with E-state index in [1.165, 1.54) is 5.56 Å². The first kappa shape index (κ1) is 14.4. The van der Waals surface area contributed by atoms with Crippen LogP contribution in [0.25, 0.3) is 0 Å². The highest BCUT2D eigenvalue weighted by Gasteiger charge is 1.91. The van der Waals surface area contributed by atoms with E-state index >= 15 is 0 Å². The molecule has 1 rings (SSSR count). The molecule has 3 nitrogen and oxygen atoms in total. The molecule has 1 N–H and O–H groups in total. The number of nitrogens with one attached hydrogen (secondary N) is 1. The molecule has 0 aliphatic rings. The lowest BCUT2D eigenvalue weighted by Crippen LogP contribution is -2.19. The van der Waals surface area contributed by atoms with Gasteiger partial charge in [0.1, 0.15) is 0 Å². The van der Waals surface area contributed by atoms with Gasteiger partial charge in [0.25, 0.3) is 0 Å². The predicted octanol–water partition coefficient (Wildman–Crippen LogP) is 2.57. The first-order valence-electron chi connectivity index (χ1n) is 5.77. The van der Waals surface area contributed by atoms with Crippen molar-refractivity contribution >= 4 is 15.9 Å². The first-order valence-corrected chi connectivity index (χ1v) is 6.56. The van der Waals surface area contributed by atoms with Gasteiger partial charge in [-0.25, -0.2) is 0 Å². The number of allylic oxidation sites excluding steroid dienone is 1. The molecule has 0 radical (unpaired) electrons. The van der Waals surface area contributed by atoms with E-state index in [-0.39, 0.29) is 0 Å². The monoisotopic (exact) mass is 298 g/mol. The van der Waals surface area contributed by atoms with Gasteiger partial charge in [0.2, 0.25) is 0 Å². The van der Waals surface area contributed by atoms with Crippen LogP contribution < -0.4 is 5.32 Å². The van der Waals surface area contributed by atoms with Gasteiger partial charge >= 0.3 is 0 Å². The fourth-order valence-corrected chi connectivity index (χ4v) is 1.80. The van der Waals surface area contributed by atoms with Gasteiger partial charge in [-0.2, -0.15) is 0 Å². The fraction of sp³-hybridized carbons (Fsp3) is 0.462. The normalized spacial score (nSPS) is 11.2. The van der Waals surface area contributed by atoms with Gasteiger partial charge in [0.15, 0.2) is 0 Å². The number of pyridine rings is 1. The van der Waals surface area contributed by atoms with Gasteiger partial charge in [-0.15, -0.1) is 0 Å². The Bertz CT molecular complexity index is 342. The molecule has 0 aliphatic heterocycles. The summed E-state index contributed by atoms with van der Waals surface area (Å²) < 4.78 is 5.98. The Morgan fingerprint density at radius 2 is 2.24 bits per heavy atom. The Labute approximate surface area is 111 Å². The summed E-state index contributed by atoms with van der Waals surface area (Å²) in [7, 11) is 1.72. The van der Waals surface area contributed by atoms with Crippen LogP contribution in [0.5, 0.6) is 0 Å². The molecule has 0 saturated heterocycles. The number of hydrogen-bond acceptors (Lipinski definition) is 3. The van der Waals surface area contributed by atoms with E-state index in [4.69, 9.17) is 4.74 Å². The number of rotatable bonds is 8. The Morgan fingerprint density at radius 3 is 3.00 bits per heavy atom. The molecular weight excluding hydrogens is 280 g/mol. The summed E-state index contributed by atoms with van der Waals surface area (Å²) in [5.41, 5.74) is 1.22. The SMILES string of the molecule is COCCNCC/C=C/Cc1cncc(Br)c1. The minimum atomic E-state index is 0.771. The Morgan fingerprint density at radius 1 is 1.35 bits per heavy atom. The largest absolute Gasteiger partial charge is 0.383 e. The molecule has 0 bridgehead atoms. The van der Waals surface area contributed by atoms with Gasteiger partial charge in [-0.05, 0) is 46.9 Å². The molecule has 0 atom stereocenters. The first-order chi connectivity index (χ1) is 8.33. The minimum Gasteiger partial charge on any atom is -0.383 e. The molecule has 0 spiro atoms. The second kappa shape index (κ2) is 9.33. The van der Waals surface area contributed by atoms with E-state index in [2.05, 4.69) is 44.4 Å². The zero-order valence-corrected chi connectivity index (χ0v) is 11.7. The van der Waals surface area contributed by atoms with Crippen molar-refractivity contribution in [2.24, 2.45) is 0 Å². The lowest BCUT2D eigenvalue weighted by Gasteiger charge is -2.00. The van der Waals surface area contributed by atoms with Crippen LogP contribution in [-0.4, -0.2) is 31.8 Å². The molecule has 17 heavy (non-hydrogen) atoms. The fourth-order valence-electron chi connectivity index (χ4n) is 1.39. The third-order valence-corrected chi connectivity index (χ3v) is 2.69. The average molecular weight is 299 g/mol. The van der Waals surface area contributed by atoms with Crippen molar-refractivity contribution in [3.63, 3.8) is 0 Å². The molecule has 1 aromatic rings. The maximum atomic E-state index is 4.95. The van der Waals surface area contributed by atoms with Crippen molar-refractivity contribution in [3.8, 4) is 0 Å². The molecular formula is C13H19BrN2O. The van der Waals surface area contributed by atoms with Crippen molar-refractivity contribution in [1.29, 1.82) is 0 Å². The van der Waals surface area contributed by atoms with Crippen LogP contribution in [0, 0.1) is 0 Å². The van der Waals surface area contributed by atoms with Crippen molar-refractivity contribution in [2.75, 3.05) is 26.8 Å². The van der Waals surface area contributed by atoms with E-state index in [1.54, 1.807) is 13.3 Å². The Balaban J connectivity index is 2.10. The van der Waals surface area contributed by atoms with Crippen LogP contribution in [0.1, 0.15) is 12.0 Å². The third kappa shape index (κ3) is 7.26. The number of ether oxygens (including phenoxy) is 1. The molecule has 94 valence electrons. The van der Waals surface area contributed by atoms with E-state index in [0.717, 1.165) is 37.0 Å². The summed E-state index contributed by atoms with van der Waals surface area (Å²) in [6.45, 7) is 2.68. The predicted molar refractivity (Wildman–Crippen MR) is 74.1 cm³/mol. The van der Waals surface area contributed by atoms with Gasteiger partial charge in [0, 0.05) is 30.5 Å². The molecule has 4 heteroatoms. The summed E-state index contributed by atoms with van der Waals surface area (Å²) >= 11 is 3.41. The number of aromatic nitrogens is 1. The van der Waals surface area contributed by atoms with Crippen LogP contribution >= 0.6 is 15.9 Å². The molecule has 0 fully saturated rings. The van der Waals surface area contributed by atoms with E-state index in [1.807, 2.05) is 6.20 Å². The maximum Gasteiger partial charge on any atom is 0.0587 e.